The first-order chi connectivity index (χ1) is 10.7. The summed E-state index contributed by atoms with van der Waals surface area (Å²) >= 11 is 1.74. The number of thioether (sulfide) groups is 1. The van der Waals surface area contributed by atoms with Gasteiger partial charge in [0.05, 0.1) is 19.3 Å². The van der Waals surface area contributed by atoms with Gasteiger partial charge in [0.2, 0.25) is 5.91 Å². The van der Waals surface area contributed by atoms with Crippen molar-refractivity contribution >= 4 is 35.8 Å². The van der Waals surface area contributed by atoms with Crippen LogP contribution in [0.3, 0.4) is 0 Å². The van der Waals surface area contributed by atoms with E-state index in [0.717, 1.165) is 54.7 Å². The molecule has 0 aliphatic carbocycles. The van der Waals surface area contributed by atoms with Crippen molar-refractivity contribution in [2.45, 2.75) is 31.9 Å². The summed E-state index contributed by atoms with van der Waals surface area (Å²) in [5.74, 6) is 2.59. The Kier molecular flexibility index (Phi) is 7.02. The summed E-state index contributed by atoms with van der Waals surface area (Å²) < 4.78 is 11.4. The van der Waals surface area contributed by atoms with E-state index in [0.29, 0.717) is 0 Å². The number of hydrogen-bond acceptors (Lipinski definition) is 5. The lowest BCUT2D eigenvalue weighted by atomic mass is 10.1. The fraction of sp³-hybridized carbons (Fsp3) is 0.562. The van der Waals surface area contributed by atoms with Crippen LogP contribution in [-0.2, 0) is 9.53 Å². The molecule has 2 aliphatic rings. The Morgan fingerprint density at radius 1 is 1.39 bits per heavy atom. The van der Waals surface area contributed by atoms with Gasteiger partial charge in [-0.25, -0.2) is 0 Å². The van der Waals surface area contributed by atoms with Gasteiger partial charge in [-0.05, 0) is 30.7 Å². The molecule has 7 heteroatoms. The Morgan fingerprint density at radius 2 is 2.17 bits per heavy atom. The van der Waals surface area contributed by atoms with E-state index in [2.05, 4.69) is 10.6 Å². The second kappa shape index (κ2) is 8.78. The molecule has 2 fully saturated rings. The van der Waals surface area contributed by atoms with Gasteiger partial charge in [-0.3, -0.25) is 10.1 Å². The minimum Gasteiger partial charge on any atom is -0.490 e. The highest BCUT2D eigenvalue weighted by Crippen LogP contribution is 2.25. The van der Waals surface area contributed by atoms with E-state index >= 15 is 0 Å². The van der Waals surface area contributed by atoms with Gasteiger partial charge >= 0.3 is 0 Å². The number of benzene rings is 1. The lowest BCUT2D eigenvalue weighted by Gasteiger charge is -2.24. The van der Waals surface area contributed by atoms with Crippen LogP contribution in [0.5, 0.6) is 5.75 Å². The number of ether oxygens (including phenoxy) is 2. The van der Waals surface area contributed by atoms with E-state index in [1.54, 1.807) is 11.8 Å². The predicted octanol–water partition coefficient (Wildman–Crippen LogP) is 2.58. The molecular weight excluding hydrogens is 336 g/mol. The molecule has 1 aromatic carbocycles. The normalized spacial score (nSPS) is 21.5. The molecule has 0 radical (unpaired) electrons. The lowest BCUT2D eigenvalue weighted by Crippen LogP contribution is -2.37. The first kappa shape index (κ1) is 18.4. The van der Waals surface area contributed by atoms with Crippen LogP contribution in [0.4, 0.5) is 5.69 Å². The largest absolute Gasteiger partial charge is 0.490 e. The molecule has 2 aliphatic heterocycles. The van der Waals surface area contributed by atoms with Gasteiger partial charge in [-0.2, -0.15) is 0 Å². The fourth-order valence-corrected chi connectivity index (χ4v) is 3.57. The van der Waals surface area contributed by atoms with Crippen molar-refractivity contribution in [1.29, 1.82) is 0 Å². The third-order valence-electron chi connectivity index (χ3n) is 3.94. The third kappa shape index (κ3) is 5.01. The van der Waals surface area contributed by atoms with Crippen molar-refractivity contribution < 1.29 is 14.3 Å². The molecule has 2 heterocycles. The molecule has 1 unspecified atom stereocenters. The highest BCUT2D eigenvalue weighted by atomic mass is 35.5. The summed E-state index contributed by atoms with van der Waals surface area (Å²) in [6.45, 7) is 3.54. The second-order valence-electron chi connectivity index (χ2n) is 5.67. The zero-order chi connectivity index (χ0) is 15.4. The van der Waals surface area contributed by atoms with Crippen LogP contribution in [0.15, 0.2) is 18.2 Å². The summed E-state index contributed by atoms with van der Waals surface area (Å²) in [5, 5.41) is 6.14. The molecule has 0 spiro atoms. The summed E-state index contributed by atoms with van der Waals surface area (Å²) in [7, 11) is 0. The monoisotopic (exact) mass is 358 g/mol. The Morgan fingerprint density at radius 3 is 2.83 bits per heavy atom. The van der Waals surface area contributed by atoms with Crippen molar-refractivity contribution in [2.24, 2.45) is 0 Å². The van der Waals surface area contributed by atoms with Gasteiger partial charge in [-0.15, -0.1) is 24.2 Å². The molecular formula is C16H23ClN2O3S. The number of halogens is 1. The quantitative estimate of drug-likeness (QED) is 0.866. The predicted molar refractivity (Wildman–Crippen MR) is 95.8 cm³/mol. The maximum atomic E-state index is 12.1. The first-order valence-corrected chi connectivity index (χ1v) is 8.85. The van der Waals surface area contributed by atoms with E-state index in [-0.39, 0.29) is 30.5 Å². The Labute approximate surface area is 147 Å². The van der Waals surface area contributed by atoms with Crippen molar-refractivity contribution in [2.75, 3.05) is 30.2 Å². The average molecular weight is 359 g/mol. The second-order valence-corrected chi connectivity index (χ2v) is 6.70. The standard InChI is InChI=1S/C16H22N2O3S.ClH/c1-11-8-12(18-16(19)14-9-22-10-17-14)2-3-15(11)21-13-4-6-20-7-5-13;/h2-3,8,13-14,17H,4-7,9-10H2,1H3,(H,18,19);1H. The van der Waals surface area contributed by atoms with Gasteiger partial charge in [0.1, 0.15) is 11.9 Å². The summed E-state index contributed by atoms with van der Waals surface area (Å²) in [6, 6.07) is 5.72. The SMILES string of the molecule is Cc1cc(NC(=O)C2CSCN2)ccc1OC1CCOCC1.Cl. The number of rotatable bonds is 4. The van der Waals surface area contributed by atoms with Gasteiger partial charge in [0.25, 0.3) is 0 Å². The molecule has 0 aromatic heterocycles. The van der Waals surface area contributed by atoms with E-state index in [9.17, 15) is 4.79 Å². The number of anilines is 1. The van der Waals surface area contributed by atoms with Gasteiger partial charge < -0.3 is 14.8 Å². The molecule has 1 aromatic rings. The minimum absolute atomic E-state index is 0. The molecule has 2 saturated heterocycles. The number of hydrogen-bond donors (Lipinski definition) is 2. The fourth-order valence-electron chi connectivity index (χ4n) is 2.63. The molecule has 2 N–H and O–H groups in total. The number of carbonyl (C=O) groups excluding carboxylic acids is 1. The Bertz CT molecular complexity index is 532. The molecule has 23 heavy (non-hydrogen) atoms. The average Bonchev–Trinajstić information content (AvgIpc) is 3.05. The number of aryl methyl sites for hydroxylation is 1. The molecule has 1 amide bonds. The van der Waals surface area contributed by atoms with Crippen molar-refractivity contribution in [3.05, 3.63) is 23.8 Å². The number of nitrogens with one attached hydrogen (secondary N) is 2. The summed E-state index contributed by atoms with van der Waals surface area (Å²) in [4.78, 5) is 12.1. The van der Waals surface area contributed by atoms with Gasteiger partial charge in [0, 0.05) is 30.2 Å². The molecule has 0 bridgehead atoms. The maximum absolute atomic E-state index is 12.1. The summed E-state index contributed by atoms with van der Waals surface area (Å²) in [5.41, 5.74) is 1.86. The van der Waals surface area contributed by atoms with Crippen LogP contribution in [0.1, 0.15) is 18.4 Å². The highest BCUT2D eigenvalue weighted by molar-refractivity contribution is 7.99. The molecule has 3 rings (SSSR count). The zero-order valence-electron chi connectivity index (χ0n) is 13.2. The third-order valence-corrected chi connectivity index (χ3v) is 4.88. The molecule has 128 valence electrons. The number of amides is 1. The zero-order valence-corrected chi connectivity index (χ0v) is 14.8. The molecule has 5 nitrogen and oxygen atoms in total. The molecule has 1 atom stereocenters. The molecule has 0 saturated carbocycles. The van der Waals surface area contributed by atoms with Gasteiger partial charge in [-0.1, -0.05) is 0 Å². The first-order valence-electron chi connectivity index (χ1n) is 7.69. The Hall–Kier alpha value is -0.950. The minimum atomic E-state index is -0.0940. The maximum Gasteiger partial charge on any atom is 0.242 e. The van der Waals surface area contributed by atoms with E-state index in [1.807, 2.05) is 25.1 Å². The lowest BCUT2D eigenvalue weighted by molar-refractivity contribution is -0.117. The summed E-state index contributed by atoms with van der Waals surface area (Å²) in [6.07, 6.45) is 2.10. The van der Waals surface area contributed by atoms with E-state index in [4.69, 9.17) is 9.47 Å². The smallest absolute Gasteiger partial charge is 0.242 e. The van der Waals surface area contributed by atoms with Crippen molar-refractivity contribution in [1.82, 2.24) is 5.32 Å². The highest BCUT2D eigenvalue weighted by Gasteiger charge is 2.22. The van der Waals surface area contributed by atoms with Crippen LogP contribution in [-0.4, -0.2) is 42.9 Å². The van der Waals surface area contributed by atoms with Crippen LogP contribution in [0.2, 0.25) is 0 Å². The Balaban J connectivity index is 0.00000192. The van der Waals surface area contributed by atoms with Crippen LogP contribution in [0, 0.1) is 6.92 Å². The van der Waals surface area contributed by atoms with Crippen LogP contribution in [0.25, 0.3) is 0 Å². The van der Waals surface area contributed by atoms with Crippen LogP contribution >= 0.6 is 24.2 Å². The van der Waals surface area contributed by atoms with Crippen LogP contribution < -0.4 is 15.4 Å². The van der Waals surface area contributed by atoms with Crippen molar-refractivity contribution in [3.63, 3.8) is 0 Å². The van der Waals surface area contributed by atoms with E-state index in [1.165, 1.54) is 0 Å². The topological polar surface area (TPSA) is 59.6 Å². The van der Waals surface area contributed by atoms with Gasteiger partial charge in [0.15, 0.2) is 0 Å². The van der Waals surface area contributed by atoms with Crippen molar-refractivity contribution in [3.8, 4) is 5.75 Å². The number of carbonyl (C=O) groups is 1. The van der Waals surface area contributed by atoms with E-state index < -0.39 is 0 Å².